The van der Waals surface area contributed by atoms with Gasteiger partial charge in [0.25, 0.3) is 5.56 Å². The molecule has 0 aliphatic heterocycles. The Morgan fingerprint density at radius 2 is 2.21 bits per heavy atom. The van der Waals surface area contributed by atoms with Crippen molar-refractivity contribution in [1.82, 2.24) is 14.5 Å². The summed E-state index contributed by atoms with van der Waals surface area (Å²) in [4.78, 5) is 20.5. The molecule has 0 aliphatic rings. The van der Waals surface area contributed by atoms with Crippen LogP contribution in [0.5, 0.6) is 0 Å². The Kier molecular flexibility index (Phi) is 4.28. The minimum Gasteiger partial charge on any atom is -0.360 e. The lowest BCUT2D eigenvalue weighted by Crippen LogP contribution is -2.24. The fourth-order valence-corrected chi connectivity index (χ4v) is 1.86. The van der Waals surface area contributed by atoms with Gasteiger partial charge < -0.3 is 9.88 Å². The van der Waals surface area contributed by atoms with Crippen molar-refractivity contribution in [2.24, 2.45) is 0 Å². The number of pyridine rings is 1. The average Bonchev–Trinajstić information content (AvgIpc) is 2.40. The van der Waals surface area contributed by atoms with Gasteiger partial charge in [0, 0.05) is 24.6 Å². The van der Waals surface area contributed by atoms with Gasteiger partial charge in [-0.25, -0.2) is 4.98 Å². The van der Waals surface area contributed by atoms with Crippen molar-refractivity contribution in [2.75, 3.05) is 5.32 Å². The molecule has 0 radical (unpaired) electrons. The molecule has 19 heavy (non-hydrogen) atoms. The SMILES string of the molecule is CCCn1ccnc(NCc2cccc(C)n2)c1=O. The summed E-state index contributed by atoms with van der Waals surface area (Å²) in [5, 5.41) is 3.05. The van der Waals surface area contributed by atoms with Crippen LogP contribution in [0.3, 0.4) is 0 Å². The number of aromatic nitrogens is 3. The molecule has 0 bridgehead atoms. The molecule has 0 aromatic carbocycles. The lowest BCUT2D eigenvalue weighted by Gasteiger charge is -2.08. The number of anilines is 1. The monoisotopic (exact) mass is 258 g/mol. The predicted molar refractivity (Wildman–Crippen MR) is 75.1 cm³/mol. The molecule has 100 valence electrons. The Hall–Kier alpha value is -2.17. The standard InChI is InChI=1S/C14H18N4O/c1-3-8-18-9-7-15-13(14(18)19)16-10-12-6-4-5-11(2)17-12/h4-7,9H,3,8,10H2,1-2H3,(H,15,16). The Bertz CT molecular complexity index is 606. The first-order valence-corrected chi connectivity index (χ1v) is 6.42. The third kappa shape index (κ3) is 3.40. The van der Waals surface area contributed by atoms with Crippen LogP contribution in [0.1, 0.15) is 24.7 Å². The summed E-state index contributed by atoms with van der Waals surface area (Å²) in [7, 11) is 0. The van der Waals surface area contributed by atoms with Crippen LogP contribution in [-0.2, 0) is 13.1 Å². The molecule has 0 unspecified atom stereocenters. The van der Waals surface area contributed by atoms with Crippen molar-refractivity contribution in [3.05, 3.63) is 52.3 Å². The zero-order chi connectivity index (χ0) is 13.7. The van der Waals surface area contributed by atoms with Crippen molar-refractivity contribution < 1.29 is 0 Å². The van der Waals surface area contributed by atoms with Gasteiger partial charge in [0.2, 0.25) is 0 Å². The van der Waals surface area contributed by atoms with E-state index in [0.29, 0.717) is 18.9 Å². The molecule has 0 spiro atoms. The van der Waals surface area contributed by atoms with Gasteiger partial charge in [-0.2, -0.15) is 0 Å². The molecule has 0 atom stereocenters. The minimum absolute atomic E-state index is 0.0861. The maximum Gasteiger partial charge on any atom is 0.293 e. The Labute approximate surface area is 112 Å². The molecular weight excluding hydrogens is 240 g/mol. The van der Waals surface area contributed by atoms with Gasteiger partial charge in [-0.15, -0.1) is 0 Å². The molecule has 2 rings (SSSR count). The van der Waals surface area contributed by atoms with E-state index in [1.54, 1.807) is 17.0 Å². The third-order valence-corrected chi connectivity index (χ3v) is 2.76. The topological polar surface area (TPSA) is 59.8 Å². The molecule has 1 N–H and O–H groups in total. The first kappa shape index (κ1) is 13.3. The molecule has 0 saturated carbocycles. The number of hydrogen-bond donors (Lipinski definition) is 1. The van der Waals surface area contributed by atoms with Gasteiger partial charge in [-0.3, -0.25) is 9.78 Å². The predicted octanol–water partition coefficient (Wildman–Crippen LogP) is 1.97. The summed E-state index contributed by atoms with van der Waals surface area (Å²) >= 11 is 0. The fraction of sp³-hybridized carbons (Fsp3) is 0.357. The van der Waals surface area contributed by atoms with E-state index in [4.69, 9.17) is 0 Å². The molecule has 2 heterocycles. The summed E-state index contributed by atoms with van der Waals surface area (Å²) < 4.78 is 1.67. The summed E-state index contributed by atoms with van der Waals surface area (Å²) in [6, 6.07) is 5.82. The highest BCUT2D eigenvalue weighted by molar-refractivity contribution is 5.31. The van der Waals surface area contributed by atoms with E-state index >= 15 is 0 Å². The van der Waals surface area contributed by atoms with Crippen molar-refractivity contribution in [1.29, 1.82) is 0 Å². The first-order valence-electron chi connectivity index (χ1n) is 6.42. The molecule has 5 nitrogen and oxygen atoms in total. The largest absolute Gasteiger partial charge is 0.360 e. The van der Waals surface area contributed by atoms with E-state index in [1.165, 1.54) is 0 Å². The van der Waals surface area contributed by atoms with Crippen LogP contribution < -0.4 is 10.9 Å². The van der Waals surface area contributed by atoms with Gasteiger partial charge in [0.15, 0.2) is 5.82 Å². The van der Waals surface area contributed by atoms with Crippen LogP contribution in [-0.4, -0.2) is 14.5 Å². The van der Waals surface area contributed by atoms with E-state index in [2.05, 4.69) is 15.3 Å². The molecule has 2 aromatic heterocycles. The highest BCUT2D eigenvalue weighted by Crippen LogP contribution is 2.01. The number of rotatable bonds is 5. The fourth-order valence-electron chi connectivity index (χ4n) is 1.86. The van der Waals surface area contributed by atoms with Crippen LogP contribution in [0.2, 0.25) is 0 Å². The Morgan fingerprint density at radius 1 is 1.37 bits per heavy atom. The molecule has 5 heteroatoms. The van der Waals surface area contributed by atoms with Crippen molar-refractivity contribution in [3.8, 4) is 0 Å². The molecular formula is C14H18N4O. The average molecular weight is 258 g/mol. The van der Waals surface area contributed by atoms with Crippen LogP contribution >= 0.6 is 0 Å². The zero-order valence-electron chi connectivity index (χ0n) is 11.3. The number of aryl methyl sites for hydroxylation is 2. The van der Waals surface area contributed by atoms with Crippen LogP contribution in [0.25, 0.3) is 0 Å². The second kappa shape index (κ2) is 6.13. The van der Waals surface area contributed by atoms with Gasteiger partial charge in [0.1, 0.15) is 0 Å². The maximum absolute atomic E-state index is 12.1. The van der Waals surface area contributed by atoms with Crippen molar-refractivity contribution in [3.63, 3.8) is 0 Å². The van der Waals surface area contributed by atoms with Gasteiger partial charge in [0.05, 0.1) is 12.2 Å². The summed E-state index contributed by atoms with van der Waals surface area (Å²) in [5.41, 5.74) is 1.77. The number of nitrogens with zero attached hydrogens (tertiary/aromatic N) is 3. The number of nitrogens with one attached hydrogen (secondary N) is 1. The Balaban J connectivity index is 2.11. The molecule has 2 aromatic rings. The van der Waals surface area contributed by atoms with E-state index in [1.807, 2.05) is 32.0 Å². The van der Waals surface area contributed by atoms with Gasteiger partial charge in [-0.05, 0) is 25.5 Å². The van der Waals surface area contributed by atoms with E-state index in [9.17, 15) is 4.79 Å². The maximum atomic E-state index is 12.1. The summed E-state index contributed by atoms with van der Waals surface area (Å²) in [6.07, 6.45) is 4.27. The summed E-state index contributed by atoms with van der Waals surface area (Å²) in [5.74, 6) is 0.374. The quantitative estimate of drug-likeness (QED) is 0.890. The second-order valence-corrected chi connectivity index (χ2v) is 4.40. The smallest absolute Gasteiger partial charge is 0.293 e. The normalized spacial score (nSPS) is 10.4. The van der Waals surface area contributed by atoms with Crippen LogP contribution in [0, 0.1) is 6.92 Å². The molecule has 0 saturated heterocycles. The number of hydrogen-bond acceptors (Lipinski definition) is 4. The van der Waals surface area contributed by atoms with Crippen molar-refractivity contribution in [2.45, 2.75) is 33.4 Å². The van der Waals surface area contributed by atoms with E-state index in [-0.39, 0.29) is 5.56 Å². The lowest BCUT2D eigenvalue weighted by atomic mass is 10.3. The lowest BCUT2D eigenvalue weighted by molar-refractivity contribution is 0.649. The summed E-state index contributed by atoms with van der Waals surface area (Å²) in [6.45, 7) is 5.19. The molecule has 0 aliphatic carbocycles. The van der Waals surface area contributed by atoms with E-state index in [0.717, 1.165) is 17.8 Å². The third-order valence-electron chi connectivity index (χ3n) is 2.76. The molecule has 0 amide bonds. The van der Waals surface area contributed by atoms with Gasteiger partial charge >= 0.3 is 0 Å². The highest BCUT2D eigenvalue weighted by atomic mass is 16.1. The highest BCUT2D eigenvalue weighted by Gasteiger charge is 2.04. The second-order valence-electron chi connectivity index (χ2n) is 4.40. The van der Waals surface area contributed by atoms with Gasteiger partial charge in [-0.1, -0.05) is 13.0 Å². The molecule has 0 fully saturated rings. The van der Waals surface area contributed by atoms with Crippen LogP contribution in [0.4, 0.5) is 5.82 Å². The minimum atomic E-state index is -0.0861. The zero-order valence-corrected chi connectivity index (χ0v) is 11.3. The first-order chi connectivity index (χ1) is 9.20. The van der Waals surface area contributed by atoms with Crippen molar-refractivity contribution >= 4 is 5.82 Å². The van der Waals surface area contributed by atoms with E-state index < -0.39 is 0 Å². The Morgan fingerprint density at radius 3 is 2.95 bits per heavy atom. The van der Waals surface area contributed by atoms with Crippen LogP contribution in [0.15, 0.2) is 35.4 Å².